The average Bonchev–Trinajstić information content (AvgIpc) is 2.24. The summed E-state index contributed by atoms with van der Waals surface area (Å²) in [5.74, 6) is -1.52. The third-order valence-electron chi connectivity index (χ3n) is 2.47. The minimum Gasteiger partial charge on any atom is -0.204 e. The van der Waals surface area contributed by atoms with Crippen molar-refractivity contribution in [1.82, 2.24) is 0 Å². The Morgan fingerprint density at radius 3 is 2.62 bits per heavy atom. The Kier molecular flexibility index (Phi) is 5.17. The Balaban J connectivity index is 2.66. The van der Waals surface area contributed by atoms with E-state index < -0.39 is 11.6 Å². The molecule has 0 fully saturated rings. The van der Waals surface area contributed by atoms with Crippen LogP contribution in [0.15, 0.2) is 18.2 Å². The van der Waals surface area contributed by atoms with Crippen LogP contribution < -0.4 is 0 Å². The maximum Gasteiger partial charge on any atom is 0.166 e. The smallest absolute Gasteiger partial charge is 0.166 e. The number of benzene rings is 1. The molecule has 1 aromatic carbocycles. The van der Waals surface area contributed by atoms with E-state index in [9.17, 15) is 8.78 Å². The van der Waals surface area contributed by atoms with Crippen molar-refractivity contribution in [1.29, 1.82) is 0 Å². The highest BCUT2D eigenvalue weighted by Gasteiger charge is 2.06. The van der Waals surface area contributed by atoms with Crippen molar-refractivity contribution >= 4 is 6.08 Å². The van der Waals surface area contributed by atoms with Crippen molar-refractivity contribution in [3.05, 3.63) is 41.0 Å². The van der Waals surface area contributed by atoms with E-state index in [0.29, 0.717) is 5.56 Å². The van der Waals surface area contributed by atoms with Gasteiger partial charge in [0, 0.05) is 5.56 Å². The lowest BCUT2D eigenvalue weighted by atomic mass is 10.1. The molecule has 1 aromatic rings. The number of rotatable bonds is 5. The number of hydrogen-bond acceptors (Lipinski definition) is 0. The molecule has 0 aliphatic heterocycles. The fourth-order valence-electron chi connectivity index (χ4n) is 1.60. The Hall–Kier alpha value is -1.18. The first kappa shape index (κ1) is 12.9. The molecule has 0 aliphatic carbocycles. The van der Waals surface area contributed by atoms with Gasteiger partial charge in [-0.3, -0.25) is 0 Å². The van der Waals surface area contributed by atoms with Gasteiger partial charge in [-0.2, -0.15) is 0 Å². The van der Waals surface area contributed by atoms with E-state index in [0.717, 1.165) is 18.4 Å². The van der Waals surface area contributed by atoms with Gasteiger partial charge in [-0.05, 0) is 37.5 Å². The van der Waals surface area contributed by atoms with Crippen LogP contribution >= 0.6 is 0 Å². The topological polar surface area (TPSA) is 0 Å². The van der Waals surface area contributed by atoms with Crippen LogP contribution in [0.3, 0.4) is 0 Å². The van der Waals surface area contributed by atoms with Crippen LogP contribution in [0.25, 0.3) is 6.08 Å². The second-order valence-corrected chi connectivity index (χ2v) is 4.05. The van der Waals surface area contributed by atoms with E-state index in [1.807, 2.05) is 6.08 Å². The Bertz CT molecular complexity index is 367. The van der Waals surface area contributed by atoms with Crippen molar-refractivity contribution in [3.8, 4) is 0 Å². The number of allylic oxidation sites excluding steroid dienone is 1. The molecule has 0 aliphatic rings. The van der Waals surface area contributed by atoms with Gasteiger partial charge < -0.3 is 0 Å². The van der Waals surface area contributed by atoms with Crippen molar-refractivity contribution in [2.24, 2.45) is 0 Å². The lowest BCUT2D eigenvalue weighted by Crippen LogP contribution is -1.90. The van der Waals surface area contributed by atoms with E-state index >= 15 is 0 Å². The van der Waals surface area contributed by atoms with Gasteiger partial charge in [0.1, 0.15) is 0 Å². The Morgan fingerprint density at radius 2 is 1.94 bits per heavy atom. The number of halogens is 2. The number of hydrogen-bond donors (Lipinski definition) is 0. The standard InChI is InChI=1S/C14H18F2/c1-3-4-5-6-7-8-12-9-11(2)10-13(15)14(12)16/h7-10H,3-6H2,1-2H3/b8-7+. The minimum atomic E-state index is -0.770. The van der Waals surface area contributed by atoms with Crippen molar-refractivity contribution in [2.45, 2.75) is 39.5 Å². The minimum absolute atomic E-state index is 0.342. The van der Waals surface area contributed by atoms with E-state index in [1.165, 1.54) is 18.9 Å². The van der Waals surface area contributed by atoms with E-state index in [-0.39, 0.29) is 0 Å². The van der Waals surface area contributed by atoms with Gasteiger partial charge in [0.05, 0.1) is 0 Å². The molecule has 0 N–H and O–H groups in total. The van der Waals surface area contributed by atoms with Crippen LogP contribution in [-0.4, -0.2) is 0 Å². The second-order valence-electron chi connectivity index (χ2n) is 4.05. The summed E-state index contributed by atoms with van der Waals surface area (Å²) >= 11 is 0. The predicted octanol–water partition coefficient (Wildman–Crippen LogP) is 4.87. The molecule has 2 heteroatoms. The summed E-state index contributed by atoms with van der Waals surface area (Å²) < 4.78 is 26.4. The van der Waals surface area contributed by atoms with Crippen LogP contribution in [-0.2, 0) is 0 Å². The molecule has 16 heavy (non-hydrogen) atoms. The molecule has 0 radical (unpaired) electrons. The molecule has 0 amide bonds. The van der Waals surface area contributed by atoms with Gasteiger partial charge in [0.2, 0.25) is 0 Å². The van der Waals surface area contributed by atoms with E-state index in [1.54, 1.807) is 19.1 Å². The maximum absolute atomic E-state index is 13.3. The largest absolute Gasteiger partial charge is 0.204 e. The third-order valence-corrected chi connectivity index (χ3v) is 2.47. The lowest BCUT2D eigenvalue weighted by molar-refractivity contribution is 0.506. The van der Waals surface area contributed by atoms with Crippen molar-refractivity contribution < 1.29 is 8.78 Å². The van der Waals surface area contributed by atoms with Crippen molar-refractivity contribution in [3.63, 3.8) is 0 Å². The Labute approximate surface area is 96.0 Å². The highest BCUT2D eigenvalue weighted by atomic mass is 19.2. The number of unbranched alkanes of at least 4 members (excludes halogenated alkanes) is 3. The Morgan fingerprint density at radius 1 is 1.19 bits per heavy atom. The number of aryl methyl sites for hydroxylation is 1. The summed E-state index contributed by atoms with van der Waals surface area (Å²) in [7, 11) is 0. The van der Waals surface area contributed by atoms with Gasteiger partial charge in [0.15, 0.2) is 11.6 Å². The van der Waals surface area contributed by atoms with Crippen LogP contribution in [0.4, 0.5) is 8.78 Å². The first-order chi connectivity index (χ1) is 7.65. The van der Waals surface area contributed by atoms with Crippen LogP contribution in [0.2, 0.25) is 0 Å². The SMILES string of the molecule is CCCCC/C=C/c1cc(C)cc(F)c1F. The van der Waals surface area contributed by atoms with Gasteiger partial charge in [-0.25, -0.2) is 8.78 Å². The van der Waals surface area contributed by atoms with Crippen LogP contribution in [0, 0.1) is 18.6 Å². The molecule has 0 saturated heterocycles. The lowest BCUT2D eigenvalue weighted by Gasteiger charge is -2.01. The molecule has 0 atom stereocenters. The van der Waals surface area contributed by atoms with Gasteiger partial charge in [-0.1, -0.05) is 31.9 Å². The quantitative estimate of drug-likeness (QED) is 0.626. The molecule has 0 heterocycles. The first-order valence-electron chi connectivity index (χ1n) is 5.77. The normalized spacial score (nSPS) is 11.2. The second kappa shape index (κ2) is 6.41. The summed E-state index contributed by atoms with van der Waals surface area (Å²) in [5, 5.41) is 0. The first-order valence-corrected chi connectivity index (χ1v) is 5.77. The summed E-state index contributed by atoms with van der Waals surface area (Å²) in [4.78, 5) is 0. The summed E-state index contributed by atoms with van der Waals surface area (Å²) in [6.45, 7) is 3.90. The third kappa shape index (κ3) is 3.76. The summed E-state index contributed by atoms with van der Waals surface area (Å²) in [5.41, 5.74) is 1.08. The molecule has 0 nitrogen and oxygen atoms in total. The zero-order valence-electron chi connectivity index (χ0n) is 9.89. The fraction of sp³-hybridized carbons (Fsp3) is 0.429. The van der Waals surface area contributed by atoms with Crippen molar-refractivity contribution in [2.75, 3.05) is 0 Å². The highest BCUT2D eigenvalue weighted by Crippen LogP contribution is 2.16. The molecule has 0 unspecified atom stereocenters. The van der Waals surface area contributed by atoms with Gasteiger partial charge in [0.25, 0.3) is 0 Å². The molecule has 0 saturated carbocycles. The maximum atomic E-state index is 13.3. The monoisotopic (exact) mass is 224 g/mol. The highest BCUT2D eigenvalue weighted by molar-refractivity contribution is 5.51. The molecule has 1 rings (SSSR count). The molecule has 0 spiro atoms. The fourth-order valence-corrected chi connectivity index (χ4v) is 1.60. The van der Waals surface area contributed by atoms with E-state index in [2.05, 4.69) is 6.92 Å². The molecule has 88 valence electrons. The molecular formula is C14H18F2. The van der Waals surface area contributed by atoms with Crippen LogP contribution in [0.1, 0.15) is 43.7 Å². The van der Waals surface area contributed by atoms with Gasteiger partial charge >= 0.3 is 0 Å². The van der Waals surface area contributed by atoms with Gasteiger partial charge in [-0.15, -0.1) is 0 Å². The zero-order valence-corrected chi connectivity index (χ0v) is 9.89. The molecule has 0 aromatic heterocycles. The molecular weight excluding hydrogens is 206 g/mol. The van der Waals surface area contributed by atoms with E-state index in [4.69, 9.17) is 0 Å². The average molecular weight is 224 g/mol. The summed E-state index contributed by atoms with van der Waals surface area (Å²) in [6, 6.07) is 2.87. The zero-order chi connectivity index (χ0) is 12.0. The summed E-state index contributed by atoms with van der Waals surface area (Å²) in [6.07, 6.45) is 7.94. The molecule has 0 bridgehead atoms. The predicted molar refractivity (Wildman–Crippen MR) is 64.3 cm³/mol. The van der Waals surface area contributed by atoms with Crippen LogP contribution in [0.5, 0.6) is 0 Å².